The predicted molar refractivity (Wildman–Crippen MR) is 145 cm³/mol. The quantitative estimate of drug-likeness (QED) is 0.464. The van der Waals surface area contributed by atoms with Gasteiger partial charge in [0.2, 0.25) is 15.9 Å². The number of urea groups is 1. The Morgan fingerprint density at radius 2 is 1.84 bits per heavy atom. The molecule has 3 rings (SSSR count). The molecule has 1 aliphatic rings. The normalized spacial score (nSPS) is 14.5. The molecule has 0 atom stereocenters. The number of carbonyl (C=O) groups excluding carboxylic acids is 2. The van der Waals surface area contributed by atoms with Crippen molar-refractivity contribution >= 4 is 27.6 Å². The molecule has 1 saturated heterocycles. The first-order valence-corrected chi connectivity index (χ1v) is 14.4. The van der Waals surface area contributed by atoms with Crippen molar-refractivity contribution in [2.75, 3.05) is 51.0 Å². The maximum absolute atomic E-state index is 13.9. The monoisotopic (exact) mass is 548 g/mol. The fourth-order valence-corrected chi connectivity index (χ4v) is 5.50. The number of amides is 3. The predicted octanol–water partition coefficient (Wildman–Crippen LogP) is 3.46. The Hall–Kier alpha value is -3.02. The molecule has 0 unspecified atom stereocenters. The van der Waals surface area contributed by atoms with Crippen LogP contribution >= 0.6 is 0 Å². The third kappa shape index (κ3) is 7.99. The number of carbonyl (C=O) groups is 2. The van der Waals surface area contributed by atoms with Gasteiger partial charge in [-0.15, -0.1) is 0 Å². The molecule has 2 aromatic carbocycles. The molecule has 1 N–H and O–H groups in total. The van der Waals surface area contributed by atoms with Gasteiger partial charge >= 0.3 is 6.03 Å². The number of piperidine rings is 1. The lowest BCUT2D eigenvalue weighted by Crippen LogP contribution is -2.52. The Bertz CT molecular complexity index is 1200. The van der Waals surface area contributed by atoms with Crippen LogP contribution in [0.25, 0.3) is 0 Å². The molecule has 1 aliphatic heterocycles. The van der Waals surface area contributed by atoms with Crippen molar-refractivity contribution < 1.29 is 27.1 Å². The first-order valence-electron chi connectivity index (χ1n) is 12.8. The lowest BCUT2D eigenvalue weighted by atomic mass is 10.0. The van der Waals surface area contributed by atoms with Crippen LogP contribution in [-0.2, 0) is 26.1 Å². The zero-order valence-corrected chi connectivity index (χ0v) is 23.0. The lowest BCUT2D eigenvalue weighted by Gasteiger charge is -2.39. The number of ether oxygens (including phenoxy) is 1. The molecule has 1 fully saturated rings. The molecule has 1 heterocycles. The summed E-state index contributed by atoms with van der Waals surface area (Å²) in [6.07, 6.45) is 1.03. The molecule has 0 bridgehead atoms. The van der Waals surface area contributed by atoms with Crippen LogP contribution in [0.4, 0.5) is 14.9 Å². The highest BCUT2D eigenvalue weighted by Crippen LogP contribution is 2.22. The Balaban J connectivity index is 1.74. The zero-order valence-electron chi connectivity index (χ0n) is 22.2. The van der Waals surface area contributed by atoms with Crippen molar-refractivity contribution in [1.82, 2.24) is 14.1 Å². The molecule has 0 saturated carbocycles. The van der Waals surface area contributed by atoms with E-state index in [0.29, 0.717) is 31.5 Å². The fraction of sp³-hybridized carbons (Fsp3) is 0.481. The number of hydrogen-bond donors (Lipinski definition) is 1. The first kappa shape index (κ1) is 29.5. The molecule has 208 valence electrons. The minimum absolute atomic E-state index is 0.0593. The van der Waals surface area contributed by atoms with E-state index in [0.717, 1.165) is 15.6 Å². The maximum atomic E-state index is 13.9. The van der Waals surface area contributed by atoms with E-state index >= 15 is 0 Å². The standard InChI is InChI=1S/C27H37FN4O5S/c1-4-38(35,36)31(16-17-37-3)20-26(33)32(19-22-9-7-10-23(28)18-22)24-12-14-30(15-13-24)27(34)29-25-11-6-5-8-21(25)2/h5-11,18,24H,4,12-17,19-20H2,1-3H3,(H,29,34). The molecular formula is C27H37FN4O5S. The summed E-state index contributed by atoms with van der Waals surface area (Å²) < 4.78 is 45.4. The average Bonchev–Trinajstić information content (AvgIpc) is 2.91. The summed E-state index contributed by atoms with van der Waals surface area (Å²) in [4.78, 5) is 29.7. The number of anilines is 1. The summed E-state index contributed by atoms with van der Waals surface area (Å²) in [5.74, 6) is -0.916. The van der Waals surface area contributed by atoms with Crippen molar-refractivity contribution in [3.63, 3.8) is 0 Å². The number of benzene rings is 2. The lowest BCUT2D eigenvalue weighted by molar-refractivity contribution is -0.135. The molecule has 0 radical (unpaired) electrons. The van der Waals surface area contributed by atoms with Gasteiger partial charge in [0.15, 0.2) is 0 Å². The number of likely N-dealkylation sites (tertiary alicyclic amines) is 1. The molecule has 0 aliphatic carbocycles. The summed E-state index contributed by atoms with van der Waals surface area (Å²) in [5.41, 5.74) is 2.32. The Kier molecular flexibility index (Phi) is 10.6. The second-order valence-corrected chi connectivity index (χ2v) is 11.6. The highest BCUT2D eigenvalue weighted by molar-refractivity contribution is 7.89. The average molecular weight is 549 g/mol. The minimum atomic E-state index is -3.64. The summed E-state index contributed by atoms with van der Waals surface area (Å²) in [6, 6.07) is 13.1. The molecule has 38 heavy (non-hydrogen) atoms. The Morgan fingerprint density at radius 3 is 2.47 bits per heavy atom. The van der Waals surface area contributed by atoms with E-state index in [-0.39, 0.29) is 50.0 Å². The maximum Gasteiger partial charge on any atom is 0.321 e. The summed E-state index contributed by atoms with van der Waals surface area (Å²) in [6.45, 7) is 4.33. The second kappa shape index (κ2) is 13.7. The van der Waals surface area contributed by atoms with Gasteiger partial charge in [0, 0.05) is 45.0 Å². The number of halogens is 1. The van der Waals surface area contributed by atoms with E-state index in [1.165, 1.54) is 26.2 Å². The van der Waals surface area contributed by atoms with E-state index in [1.54, 1.807) is 21.9 Å². The largest absolute Gasteiger partial charge is 0.383 e. The molecule has 0 spiro atoms. The van der Waals surface area contributed by atoms with Crippen molar-refractivity contribution in [2.45, 2.75) is 39.3 Å². The van der Waals surface area contributed by atoms with Gasteiger partial charge in [-0.05, 0) is 56.0 Å². The number of rotatable bonds is 11. The van der Waals surface area contributed by atoms with Gasteiger partial charge in [-0.1, -0.05) is 30.3 Å². The molecule has 0 aromatic heterocycles. The van der Waals surface area contributed by atoms with E-state index in [9.17, 15) is 22.4 Å². The molecule has 3 amide bonds. The number of para-hydroxylation sites is 1. The third-order valence-electron chi connectivity index (χ3n) is 6.76. The van der Waals surface area contributed by atoms with Gasteiger partial charge in [0.05, 0.1) is 18.9 Å². The van der Waals surface area contributed by atoms with E-state index in [4.69, 9.17) is 4.74 Å². The number of hydrogen-bond acceptors (Lipinski definition) is 5. The van der Waals surface area contributed by atoms with Crippen LogP contribution in [-0.4, -0.2) is 86.2 Å². The van der Waals surface area contributed by atoms with E-state index in [2.05, 4.69) is 5.32 Å². The second-order valence-electron chi connectivity index (χ2n) is 9.34. The highest BCUT2D eigenvalue weighted by Gasteiger charge is 2.32. The number of nitrogens with one attached hydrogen (secondary N) is 1. The fourth-order valence-electron chi connectivity index (χ4n) is 4.47. The van der Waals surface area contributed by atoms with Gasteiger partial charge in [0.25, 0.3) is 0 Å². The van der Waals surface area contributed by atoms with Gasteiger partial charge < -0.3 is 19.9 Å². The highest BCUT2D eigenvalue weighted by atomic mass is 32.2. The SMILES string of the molecule is CCS(=O)(=O)N(CCOC)CC(=O)N(Cc1cccc(F)c1)C1CCN(C(=O)Nc2ccccc2C)CC1. The number of methoxy groups -OCH3 is 1. The minimum Gasteiger partial charge on any atom is -0.383 e. The van der Waals surface area contributed by atoms with Crippen molar-refractivity contribution in [3.8, 4) is 0 Å². The van der Waals surface area contributed by atoms with Crippen LogP contribution in [0.2, 0.25) is 0 Å². The van der Waals surface area contributed by atoms with Crippen molar-refractivity contribution in [3.05, 3.63) is 65.5 Å². The van der Waals surface area contributed by atoms with Crippen LogP contribution < -0.4 is 5.32 Å². The molecule has 2 aromatic rings. The topological polar surface area (TPSA) is 99.3 Å². The van der Waals surface area contributed by atoms with Gasteiger partial charge in [-0.3, -0.25) is 4.79 Å². The van der Waals surface area contributed by atoms with Crippen molar-refractivity contribution in [1.29, 1.82) is 0 Å². The van der Waals surface area contributed by atoms with Gasteiger partial charge in [0.1, 0.15) is 5.82 Å². The van der Waals surface area contributed by atoms with Gasteiger partial charge in [-0.2, -0.15) is 4.31 Å². The summed E-state index contributed by atoms with van der Waals surface area (Å²) in [5, 5.41) is 2.94. The third-order valence-corrected chi connectivity index (χ3v) is 8.58. The van der Waals surface area contributed by atoms with Gasteiger partial charge in [-0.25, -0.2) is 17.6 Å². The zero-order chi connectivity index (χ0) is 27.7. The molecular weight excluding hydrogens is 511 g/mol. The summed E-state index contributed by atoms with van der Waals surface area (Å²) in [7, 11) is -2.17. The van der Waals surface area contributed by atoms with E-state index < -0.39 is 15.8 Å². The number of sulfonamides is 1. The van der Waals surface area contributed by atoms with Crippen molar-refractivity contribution in [2.24, 2.45) is 0 Å². The van der Waals surface area contributed by atoms with Crippen LogP contribution in [0.3, 0.4) is 0 Å². The number of nitrogens with zero attached hydrogens (tertiary/aromatic N) is 3. The Morgan fingerprint density at radius 1 is 1.13 bits per heavy atom. The Labute approximate surface area is 224 Å². The van der Waals surface area contributed by atoms with Crippen LogP contribution in [0.15, 0.2) is 48.5 Å². The van der Waals surface area contributed by atoms with Crippen LogP contribution in [0.5, 0.6) is 0 Å². The smallest absolute Gasteiger partial charge is 0.321 e. The summed E-state index contributed by atoms with van der Waals surface area (Å²) >= 11 is 0. The van der Waals surface area contributed by atoms with Crippen LogP contribution in [0, 0.1) is 12.7 Å². The molecule has 11 heteroatoms. The van der Waals surface area contributed by atoms with E-state index in [1.807, 2.05) is 31.2 Å². The molecule has 9 nitrogen and oxygen atoms in total. The van der Waals surface area contributed by atoms with Crippen LogP contribution in [0.1, 0.15) is 30.9 Å². The first-order chi connectivity index (χ1) is 18.1. The number of aryl methyl sites for hydroxylation is 1.